The second-order valence-corrected chi connectivity index (χ2v) is 5.36. The van der Waals surface area contributed by atoms with E-state index in [1.165, 1.54) is 24.1 Å². The molecule has 0 aliphatic carbocycles. The monoisotopic (exact) mass is 219 g/mol. The van der Waals surface area contributed by atoms with Gasteiger partial charge >= 0.3 is 0 Å². The molecule has 0 atom stereocenters. The van der Waals surface area contributed by atoms with E-state index in [0.717, 1.165) is 13.1 Å². The predicted octanol–water partition coefficient (Wildman–Crippen LogP) is 2.17. The summed E-state index contributed by atoms with van der Waals surface area (Å²) in [6.45, 7) is 7.52. The quantitative estimate of drug-likeness (QED) is 0.829. The summed E-state index contributed by atoms with van der Waals surface area (Å²) in [7, 11) is 0. The van der Waals surface area contributed by atoms with Crippen molar-refractivity contribution >= 4 is 5.69 Å². The lowest BCUT2D eigenvalue weighted by molar-refractivity contribution is 0.279. The summed E-state index contributed by atoms with van der Waals surface area (Å²) in [5.41, 5.74) is 8.67. The van der Waals surface area contributed by atoms with Crippen LogP contribution in [0.25, 0.3) is 0 Å². The van der Waals surface area contributed by atoms with E-state index >= 15 is 0 Å². The molecule has 0 bridgehead atoms. The number of hydrogen-bond donors (Lipinski definition) is 1. The molecule has 1 aliphatic heterocycles. The number of pyridine rings is 1. The lowest BCUT2D eigenvalue weighted by Gasteiger charge is -2.38. The van der Waals surface area contributed by atoms with Crippen LogP contribution in [0.4, 0.5) is 5.69 Å². The Kier molecular flexibility index (Phi) is 3.15. The Morgan fingerprint density at radius 3 is 2.69 bits per heavy atom. The molecule has 0 aromatic carbocycles. The first-order valence-electron chi connectivity index (χ1n) is 6.00. The van der Waals surface area contributed by atoms with Crippen LogP contribution in [0.3, 0.4) is 0 Å². The Morgan fingerprint density at radius 2 is 2.06 bits per heavy atom. The average molecular weight is 219 g/mol. The first-order valence-corrected chi connectivity index (χ1v) is 6.00. The summed E-state index contributed by atoms with van der Waals surface area (Å²) in [5.74, 6) is 0. The minimum atomic E-state index is 0.488. The molecule has 1 saturated heterocycles. The van der Waals surface area contributed by atoms with Gasteiger partial charge in [-0.15, -0.1) is 0 Å². The van der Waals surface area contributed by atoms with E-state index in [1.807, 2.05) is 18.5 Å². The molecule has 2 N–H and O–H groups in total. The summed E-state index contributed by atoms with van der Waals surface area (Å²) in [6.07, 6.45) is 6.25. The highest BCUT2D eigenvalue weighted by Crippen LogP contribution is 2.32. The van der Waals surface area contributed by atoms with Crippen LogP contribution < -0.4 is 10.6 Å². The van der Waals surface area contributed by atoms with Crippen molar-refractivity contribution in [3.8, 4) is 0 Å². The zero-order valence-electron chi connectivity index (χ0n) is 10.2. The number of nitrogens with two attached hydrogens (primary N) is 1. The minimum absolute atomic E-state index is 0.488. The van der Waals surface area contributed by atoms with Gasteiger partial charge < -0.3 is 10.6 Å². The highest BCUT2D eigenvalue weighted by Gasteiger charge is 2.26. The summed E-state index contributed by atoms with van der Waals surface area (Å²) < 4.78 is 0. The number of nitrogens with zero attached hydrogens (tertiary/aromatic N) is 2. The lowest BCUT2D eigenvalue weighted by atomic mass is 9.82. The Labute approximate surface area is 97.7 Å². The van der Waals surface area contributed by atoms with Gasteiger partial charge in [-0.2, -0.15) is 0 Å². The second-order valence-electron chi connectivity index (χ2n) is 5.36. The molecule has 0 radical (unpaired) electrons. The second kappa shape index (κ2) is 4.42. The Hall–Kier alpha value is -1.09. The van der Waals surface area contributed by atoms with E-state index in [9.17, 15) is 0 Å². The molecule has 1 aromatic rings. The van der Waals surface area contributed by atoms with Gasteiger partial charge in [0.1, 0.15) is 0 Å². The van der Waals surface area contributed by atoms with Gasteiger partial charge in [0.25, 0.3) is 0 Å². The fourth-order valence-corrected chi connectivity index (χ4v) is 2.23. The van der Waals surface area contributed by atoms with Crippen LogP contribution in [0.2, 0.25) is 0 Å². The summed E-state index contributed by atoms with van der Waals surface area (Å²) in [5, 5.41) is 0. The van der Waals surface area contributed by atoms with E-state index < -0.39 is 0 Å². The third-order valence-electron chi connectivity index (χ3n) is 3.57. The van der Waals surface area contributed by atoms with Crippen LogP contribution in [0.15, 0.2) is 18.5 Å². The van der Waals surface area contributed by atoms with Crippen molar-refractivity contribution in [2.75, 3.05) is 18.0 Å². The van der Waals surface area contributed by atoms with Crippen molar-refractivity contribution in [1.29, 1.82) is 0 Å². The Morgan fingerprint density at radius 1 is 1.38 bits per heavy atom. The number of aromatic nitrogens is 1. The maximum Gasteiger partial charge on any atom is 0.0598 e. The van der Waals surface area contributed by atoms with Crippen molar-refractivity contribution in [3.63, 3.8) is 0 Å². The molecular formula is C13H21N3. The van der Waals surface area contributed by atoms with Crippen LogP contribution in [0, 0.1) is 5.41 Å². The maximum atomic E-state index is 5.76. The zero-order valence-corrected chi connectivity index (χ0v) is 10.2. The molecule has 2 heterocycles. The highest BCUT2D eigenvalue weighted by molar-refractivity contribution is 5.51. The molecule has 2 rings (SSSR count). The number of piperidine rings is 1. The standard InChI is InChI=1S/C13H21N3/c1-13(2)4-7-16(8-5-13)12-10-15-6-3-11(12)9-14/h3,6,10H,4-5,7-9,14H2,1-2H3. The summed E-state index contributed by atoms with van der Waals surface area (Å²) >= 11 is 0. The largest absolute Gasteiger partial charge is 0.370 e. The van der Waals surface area contributed by atoms with E-state index in [1.54, 1.807) is 0 Å². The van der Waals surface area contributed by atoms with Crippen LogP contribution >= 0.6 is 0 Å². The van der Waals surface area contributed by atoms with E-state index in [4.69, 9.17) is 5.73 Å². The van der Waals surface area contributed by atoms with Crippen LogP contribution in [0.1, 0.15) is 32.3 Å². The smallest absolute Gasteiger partial charge is 0.0598 e. The molecule has 0 spiro atoms. The van der Waals surface area contributed by atoms with Crippen molar-refractivity contribution < 1.29 is 0 Å². The van der Waals surface area contributed by atoms with Crippen molar-refractivity contribution in [3.05, 3.63) is 24.0 Å². The van der Waals surface area contributed by atoms with E-state index in [2.05, 4.69) is 23.7 Å². The molecule has 88 valence electrons. The van der Waals surface area contributed by atoms with Gasteiger partial charge in [-0.3, -0.25) is 4.98 Å². The fraction of sp³-hybridized carbons (Fsp3) is 0.615. The predicted molar refractivity (Wildman–Crippen MR) is 67.4 cm³/mol. The van der Waals surface area contributed by atoms with Gasteiger partial charge in [-0.1, -0.05) is 13.8 Å². The van der Waals surface area contributed by atoms with Crippen molar-refractivity contribution in [2.45, 2.75) is 33.2 Å². The number of anilines is 1. The van der Waals surface area contributed by atoms with Gasteiger partial charge in [0.2, 0.25) is 0 Å². The minimum Gasteiger partial charge on any atom is -0.370 e. The van der Waals surface area contributed by atoms with Gasteiger partial charge in [0.05, 0.1) is 11.9 Å². The molecule has 1 aliphatic rings. The average Bonchev–Trinajstić information content (AvgIpc) is 2.29. The SMILES string of the molecule is CC1(C)CCN(c2cnccc2CN)CC1. The third kappa shape index (κ3) is 2.35. The first-order chi connectivity index (χ1) is 7.62. The molecule has 0 amide bonds. The van der Waals surface area contributed by atoms with Gasteiger partial charge in [0.15, 0.2) is 0 Å². The number of hydrogen-bond acceptors (Lipinski definition) is 3. The van der Waals surface area contributed by atoms with Crippen molar-refractivity contribution in [1.82, 2.24) is 4.98 Å². The highest BCUT2D eigenvalue weighted by atomic mass is 15.1. The molecule has 3 nitrogen and oxygen atoms in total. The third-order valence-corrected chi connectivity index (χ3v) is 3.57. The molecule has 0 saturated carbocycles. The Bertz CT molecular complexity index is 350. The normalized spacial score (nSPS) is 19.8. The molecule has 0 unspecified atom stereocenters. The van der Waals surface area contributed by atoms with Gasteiger partial charge in [-0.05, 0) is 29.9 Å². The van der Waals surface area contributed by atoms with Crippen LogP contribution in [-0.4, -0.2) is 18.1 Å². The van der Waals surface area contributed by atoms with Crippen molar-refractivity contribution in [2.24, 2.45) is 11.1 Å². The lowest BCUT2D eigenvalue weighted by Crippen LogP contribution is -2.38. The van der Waals surface area contributed by atoms with Crippen LogP contribution in [-0.2, 0) is 6.54 Å². The van der Waals surface area contributed by atoms with Gasteiger partial charge in [-0.25, -0.2) is 0 Å². The van der Waals surface area contributed by atoms with Crippen LogP contribution in [0.5, 0.6) is 0 Å². The molecule has 3 heteroatoms. The maximum absolute atomic E-state index is 5.76. The molecule has 1 aromatic heterocycles. The number of rotatable bonds is 2. The topological polar surface area (TPSA) is 42.2 Å². The fourth-order valence-electron chi connectivity index (χ4n) is 2.23. The molecular weight excluding hydrogens is 198 g/mol. The zero-order chi connectivity index (χ0) is 11.6. The molecule has 16 heavy (non-hydrogen) atoms. The Balaban J connectivity index is 2.14. The summed E-state index contributed by atoms with van der Waals surface area (Å²) in [4.78, 5) is 6.62. The van der Waals surface area contributed by atoms with E-state index in [0.29, 0.717) is 12.0 Å². The molecule has 1 fully saturated rings. The first kappa shape index (κ1) is 11.4. The summed E-state index contributed by atoms with van der Waals surface area (Å²) in [6, 6.07) is 2.02. The van der Waals surface area contributed by atoms with E-state index in [-0.39, 0.29) is 0 Å². The van der Waals surface area contributed by atoms with Gasteiger partial charge in [0, 0.05) is 25.8 Å².